The zero-order valence-corrected chi connectivity index (χ0v) is 18.0. The van der Waals surface area contributed by atoms with Gasteiger partial charge in [0.2, 0.25) is 10.0 Å². The van der Waals surface area contributed by atoms with Gasteiger partial charge < -0.3 is 20.3 Å². The first-order valence-electron chi connectivity index (χ1n) is 9.84. The van der Waals surface area contributed by atoms with Gasteiger partial charge in [-0.25, -0.2) is 17.9 Å². The molecule has 8 nitrogen and oxygen atoms in total. The first-order chi connectivity index (χ1) is 14.4. The molecule has 0 aliphatic carbocycles. The summed E-state index contributed by atoms with van der Waals surface area (Å²) in [5.41, 5.74) is 1.95. The van der Waals surface area contributed by atoms with Gasteiger partial charge in [0.25, 0.3) is 0 Å². The van der Waals surface area contributed by atoms with E-state index in [1.165, 1.54) is 19.2 Å². The van der Waals surface area contributed by atoms with E-state index < -0.39 is 10.0 Å². The smallest absolute Gasteiger partial charge is 0.315 e. The standard InChI is InChI=1S/C21H28N4O4S/c1-22-30(27,28)20-8-6-16(7-9-20)13-23-21(26)24-14-17-10-11-25(15-17)18-4-3-5-19(12-18)29-2/h3-9,12,17,22H,10-11,13-15H2,1-2H3,(H2,23,24,26). The molecule has 2 amide bonds. The average molecular weight is 433 g/mol. The topological polar surface area (TPSA) is 99.8 Å². The maximum atomic E-state index is 12.1. The molecule has 0 radical (unpaired) electrons. The monoisotopic (exact) mass is 432 g/mol. The van der Waals surface area contributed by atoms with Crippen molar-refractivity contribution in [1.29, 1.82) is 0 Å². The predicted molar refractivity (Wildman–Crippen MR) is 116 cm³/mol. The molecule has 1 aliphatic heterocycles. The highest BCUT2D eigenvalue weighted by atomic mass is 32.2. The van der Waals surface area contributed by atoms with Gasteiger partial charge in [0.05, 0.1) is 12.0 Å². The number of hydrogen-bond donors (Lipinski definition) is 3. The lowest BCUT2D eigenvalue weighted by molar-refractivity contribution is 0.239. The number of sulfonamides is 1. The molecule has 162 valence electrons. The summed E-state index contributed by atoms with van der Waals surface area (Å²) >= 11 is 0. The van der Waals surface area contributed by atoms with Crippen molar-refractivity contribution < 1.29 is 17.9 Å². The minimum atomic E-state index is -3.45. The zero-order valence-electron chi connectivity index (χ0n) is 17.2. The minimum absolute atomic E-state index is 0.194. The van der Waals surface area contributed by atoms with Gasteiger partial charge in [0.15, 0.2) is 0 Å². The van der Waals surface area contributed by atoms with Gasteiger partial charge >= 0.3 is 6.03 Å². The van der Waals surface area contributed by atoms with Crippen LogP contribution in [0.4, 0.5) is 10.5 Å². The number of ether oxygens (including phenoxy) is 1. The summed E-state index contributed by atoms with van der Waals surface area (Å²) in [6.45, 7) is 2.76. The number of hydrogen-bond acceptors (Lipinski definition) is 5. The molecule has 0 spiro atoms. The van der Waals surface area contributed by atoms with E-state index in [0.717, 1.165) is 36.5 Å². The number of anilines is 1. The lowest BCUT2D eigenvalue weighted by atomic mass is 10.1. The first kappa shape index (κ1) is 21.9. The van der Waals surface area contributed by atoms with Crippen LogP contribution in [0.25, 0.3) is 0 Å². The third-order valence-corrected chi connectivity index (χ3v) is 6.64. The van der Waals surface area contributed by atoms with Crippen LogP contribution < -0.4 is 25.0 Å². The number of nitrogens with one attached hydrogen (secondary N) is 3. The number of nitrogens with zero attached hydrogens (tertiary/aromatic N) is 1. The highest BCUT2D eigenvalue weighted by Gasteiger charge is 2.23. The third-order valence-electron chi connectivity index (χ3n) is 5.21. The van der Waals surface area contributed by atoms with Crippen LogP contribution in [0, 0.1) is 5.92 Å². The second kappa shape index (κ2) is 9.82. The Bertz CT molecular complexity index is 963. The van der Waals surface area contributed by atoms with Crippen molar-refractivity contribution in [2.45, 2.75) is 17.9 Å². The molecule has 1 fully saturated rings. The number of urea groups is 1. The van der Waals surface area contributed by atoms with Crippen molar-refractivity contribution >= 4 is 21.7 Å². The van der Waals surface area contributed by atoms with Crippen LogP contribution in [0.2, 0.25) is 0 Å². The van der Waals surface area contributed by atoms with E-state index >= 15 is 0 Å². The van der Waals surface area contributed by atoms with Gasteiger partial charge in [-0.05, 0) is 49.2 Å². The molecular formula is C21H28N4O4S. The van der Waals surface area contributed by atoms with E-state index in [4.69, 9.17) is 4.74 Å². The molecule has 0 bridgehead atoms. The van der Waals surface area contributed by atoms with E-state index in [9.17, 15) is 13.2 Å². The van der Waals surface area contributed by atoms with Crippen molar-refractivity contribution in [2.24, 2.45) is 5.92 Å². The Morgan fingerprint density at radius 2 is 1.93 bits per heavy atom. The Morgan fingerprint density at radius 1 is 1.17 bits per heavy atom. The number of carbonyl (C=O) groups is 1. The molecule has 2 aromatic carbocycles. The minimum Gasteiger partial charge on any atom is -0.497 e. The molecule has 1 heterocycles. The Labute approximate surface area is 177 Å². The van der Waals surface area contributed by atoms with E-state index in [-0.39, 0.29) is 10.9 Å². The summed E-state index contributed by atoms with van der Waals surface area (Å²) < 4.78 is 31.0. The zero-order chi connectivity index (χ0) is 21.6. The second-order valence-electron chi connectivity index (χ2n) is 7.22. The lowest BCUT2D eigenvalue weighted by Gasteiger charge is -2.19. The molecule has 3 N–H and O–H groups in total. The number of amides is 2. The van der Waals surface area contributed by atoms with Crippen LogP contribution in [-0.2, 0) is 16.6 Å². The summed E-state index contributed by atoms with van der Waals surface area (Å²) in [7, 11) is -0.423. The molecule has 1 saturated heterocycles. The van der Waals surface area contributed by atoms with E-state index in [1.807, 2.05) is 18.2 Å². The number of carbonyl (C=O) groups excluding carboxylic acids is 1. The van der Waals surface area contributed by atoms with Crippen molar-refractivity contribution in [3.8, 4) is 5.75 Å². The molecule has 9 heteroatoms. The Hall–Kier alpha value is -2.78. The normalized spacial score (nSPS) is 16.3. The Morgan fingerprint density at radius 3 is 2.63 bits per heavy atom. The molecule has 30 heavy (non-hydrogen) atoms. The first-order valence-corrected chi connectivity index (χ1v) is 11.3. The van der Waals surface area contributed by atoms with E-state index in [2.05, 4.69) is 26.3 Å². The van der Waals surface area contributed by atoms with Crippen LogP contribution in [0.15, 0.2) is 53.4 Å². The van der Waals surface area contributed by atoms with Gasteiger partial charge in [0, 0.05) is 37.9 Å². The van der Waals surface area contributed by atoms with Gasteiger partial charge in [-0.15, -0.1) is 0 Å². The Balaban J connectivity index is 1.42. The number of benzene rings is 2. The molecule has 2 aromatic rings. The summed E-state index contributed by atoms with van der Waals surface area (Å²) in [6.07, 6.45) is 1.01. The molecule has 3 rings (SSSR count). The summed E-state index contributed by atoms with van der Waals surface area (Å²) in [4.78, 5) is 14.6. The molecule has 1 atom stereocenters. The fourth-order valence-corrected chi connectivity index (χ4v) is 4.16. The van der Waals surface area contributed by atoms with E-state index in [1.54, 1.807) is 19.2 Å². The summed E-state index contributed by atoms with van der Waals surface area (Å²) in [5, 5.41) is 5.73. The van der Waals surface area contributed by atoms with Gasteiger partial charge in [-0.2, -0.15) is 0 Å². The lowest BCUT2D eigenvalue weighted by Crippen LogP contribution is -2.38. The fraction of sp³-hybridized carbons (Fsp3) is 0.381. The highest BCUT2D eigenvalue weighted by molar-refractivity contribution is 7.89. The quantitative estimate of drug-likeness (QED) is 0.592. The van der Waals surface area contributed by atoms with Crippen LogP contribution in [-0.4, -0.2) is 48.2 Å². The van der Waals surface area contributed by atoms with Crippen molar-refractivity contribution in [1.82, 2.24) is 15.4 Å². The number of methoxy groups -OCH3 is 1. The van der Waals surface area contributed by atoms with Crippen molar-refractivity contribution in [3.63, 3.8) is 0 Å². The predicted octanol–water partition coefficient (Wildman–Crippen LogP) is 1.93. The highest BCUT2D eigenvalue weighted by Crippen LogP contribution is 2.26. The number of rotatable bonds is 8. The molecule has 1 unspecified atom stereocenters. The van der Waals surface area contributed by atoms with Crippen LogP contribution in [0.5, 0.6) is 5.75 Å². The second-order valence-corrected chi connectivity index (χ2v) is 9.10. The van der Waals surface area contributed by atoms with Gasteiger partial charge in [-0.3, -0.25) is 0 Å². The molecule has 0 saturated carbocycles. The van der Waals surface area contributed by atoms with Crippen molar-refractivity contribution in [2.75, 3.05) is 38.7 Å². The third kappa shape index (κ3) is 5.64. The van der Waals surface area contributed by atoms with E-state index in [0.29, 0.717) is 19.0 Å². The van der Waals surface area contributed by atoms with Crippen LogP contribution >= 0.6 is 0 Å². The average Bonchev–Trinajstić information content (AvgIpc) is 3.26. The maximum Gasteiger partial charge on any atom is 0.315 e. The van der Waals surface area contributed by atoms with Gasteiger partial charge in [-0.1, -0.05) is 18.2 Å². The molecule has 1 aliphatic rings. The van der Waals surface area contributed by atoms with Crippen LogP contribution in [0.1, 0.15) is 12.0 Å². The van der Waals surface area contributed by atoms with Crippen molar-refractivity contribution in [3.05, 3.63) is 54.1 Å². The summed E-state index contributed by atoms with van der Waals surface area (Å²) in [5.74, 6) is 1.22. The van der Waals surface area contributed by atoms with Crippen LogP contribution in [0.3, 0.4) is 0 Å². The largest absolute Gasteiger partial charge is 0.497 e. The molecular weight excluding hydrogens is 404 g/mol. The summed E-state index contributed by atoms with van der Waals surface area (Å²) in [6, 6.07) is 14.2. The fourth-order valence-electron chi connectivity index (χ4n) is 3.43. The SMILES string of the molecule is CNS(=O)(=O)c1ccc(CNC(=O)NCC2CCN(c3cccc(OC)c3)C2)cc1. The molecule has 0 aromatic heterocycles. The maximum absolute atomic E-state index is 12.1. The Kier molecular flexibility index (Phi) is 7.17. The van der Waals surface area contributed by atoms with Gasteiger partial charge in [0.1, 0.15) is 5.75 Å².